The molecule has 5 rings (SSSR count). The number of hydrogen-bond donors (Lipinski definition) is 4. The van der Waals surface area contributed by atoms with Gasteiger partial charge in [0, 0.05) is 22.3 Å². The number of phenols is 1. The minimum absolute atomic E-state index is 0.0335. The van der Waals surface area contributed by atoms with Gasteiger partial charge in [0.05, 0.1) is 5.56 Å². The first-order chi connectivity index (χ1) is 19.0. The summed E-state index contributed by atoms with van der Waals surface area (Å²) in [6.07, 6.45) is 1.06. The van der Waals surface area contributed by atoms with Gasteiger partial charge in [0.1, 0.15) is 22.8 Å². The second-order valence-electron chi connectivity index (χ2n) is 13.0. The average molecular weight is 559 g/mol. The van der Waals surface area contributed by atoms with Crippen LogP contribution in [0.25, 0.3) is 11.1 Å². The number of carbonyl (C=O) groups excluding carboxylic acids is 3. The molecule has 0 spiro atoms. The number of hydrogen-bond acceptors (Lipinski definition) is 7. The summed E-state index contributed by atoms with van der Waals surface area (Å²) in [6.45, 7) is 12.3. The summed E-state index contributed by atoms with van der Waals surface area (Å²) < 4.78 is 0. The summed E-state index contributed by atoms with van der Waals surface area (Å²) in [4.78, 5) is 40.6. The highest BCUT2D eigenvalue weighted by molar-refractivity contribution is 6.25. The molecule has 0 aliphatic heterocycles. The minimum Gasteiger partial charge on any atom is -0.511 e. The predicted molar refractivity (Wildman–Crippen MR) is 155 cm³/mol. The van der Waals surface area contributed by atoms with Gasteiger partial charge < -0.3 is 20.4 Å². The van der Waals surface area contributed by atoms with Crippen LogP contribution in [0.5, 0.6) is 5.75 Å². The molecule has 0 amide bonds. The Hall–Kier alpha value is -3.71. The quantitative estimate of drug-likeness (QED) is 0.344. The van der Waals surface area contributed by atoms with Crippen LogP contribution >= 0.6 is 0 Å². The Morgan fingerprint density at radius 3 is 2.29 bits per heavy atom. The van der Waals surface area contributed by atoms with Crippen molar-refractivity contribution in [2.75, 3.05) is 0 Å². The molecule has 2 aromatic rings. The molecule has 0 saturated carbocycles. The van der Waals surface area contributed by atoms with Crippen molar-refractivity contribution in [1.29, 1.82) is 0 Å². The molecule has 0 saturated heterocycles. The van der Waals surface area contributed by atoms with Crippen LogP contribution < -0.4 is 0 Å². The van der Waals surface area contributed by atoms with E-state index in [-0.39, 0.29) is 35.6 Å². The molecule has 4 N–H and O–H groups in total. The Labute approximate surface area is 240 Å². The fourth-order valence-corrected chi connectivity index (χ4v) is 8.23. The third-order valence-electron chi connectivity index (χ3n) is 9.83. The van der Waals surface area contributed by atoms with Crippen molar-refractivity contribution in [3.63, 3.8) is 0 Å². The maximum atomic E-state index is 14.3. The zero-order valence-electron chi connectivity index (χ0n) is 24.7. The first-order valence-corrected chi connectivity index (χ1v) is 14.2. The van der Waals surface area contributed by atoms with Gasteiger partial charge in [0.15, 0.2) is 17.2 Å². The van der Waals surface area contributed by atoms with Crippen LogP contribution in [0.4, 0.5) is 0 Å². The number of benzene rings is 2. The normalized spacial score (nSPS) is 29.4. The first kappa shape index (κ1) is 28.8. The van der Waals surface area contributed by atoms with Crippen molar-refractivity contribution in [3.05, 3.63) is 75.3 Å². The number of aliphatic hydroxyl groups is 3. The standard InChI is InChI=1S/C34H38O7/c1-8-19-10-9-17(4)13-21(19)20-11-12-23(36)25-22(20)14-32(6)15-33(7)26(16(2)3)28(37)24(18(5)35)30(39)34(33,41)31(40)27(32)29(25)38/h9-13,16,26,36-37,40-41H,8,14-15H2,1-7H3/t26?,32-,33-,34+/m1/s1. The molecule has 7 heteroatoms. The number of ketones is 3. The first-order valence-electron chi connectivity index (χ1n) is 14.2. The zero-order valence-corrected chi connectivity index (χ0v) is 24.7. The third-order valence-corrected chi connectivity index (χ3v) is 9.83. The van der Waals surface area contributed by atoms with Crippen LogP contribution in [0.15, 0.2) is 53.0 Å². The van der Waals surface area contributed by atoms with Crippen molar-refractivity contribution in [2.24, 2.45) is 22.7 Å². The molecule has 0 heterocycles. The molecule has 0 aromatic heterocycles. The summed E-state index contributed by atoms with van der Waals surface area (Å²) in [5.74, 6) is -5.13. The molecule has 41 heavy (non-hydrogen) atoms. The van der Waals surface area contributed by atoms with Crippen LogP contribution in [0.3, 0.4) is 0 Å². The molecule has 216 valence electrons. The van der Waals surface area contributed by atoms with E-state index in [2.05, 4.69) is 19.1 Å². The van der Waals surface area contributed by atoms with Crippen molar-refractivity contribution < 1.29 is 34.8 Å². The molecule has 4 atom stereocenters. The average Bonchev–Trinajstić information content (AvgIpc) is 2.86. The van der Waals surface area contributed by atoms with E-state index in [1.807, 2.05) is 39.8 Å². The number of phenolic OH excluding ortho intramolecular Hbond substituents is 1. The van der Waals surface area contributed by atoms with E-state index < -0.39 is 56.8 Å². The van der Waals surface area contributed by atoms with Gasteiger partial charge in [-0.25, -0.2) is 0 Å². The maximum absolute atomic E-state index is 14.3. The number of Topliss-reactive ketones (excluding diaryl/α,β-unsaturated/α-hetero) is 3. The second-order valence-corrected chi connectivity index (χ2v) is 13.0. The largest absolute Gasteiger partial charge is 0.511 e. The Morgan fingerprint density at radius 2 is 1.71 bits per heavy atom. The lowest BCUT2D eigenvalue weighted by molar-refractivity contribution is -0.171. The Bertz CT molecular complexity index is 1610. The van der Waals surface area contributed by atoms with E-state index >= 15 is 0 Å². The molecular weight excluding hydrogens is 520 g/mol. The summed E-state index contributed by atoms with van der Waals surface area (Å²) in [5, 5.41) is 46.3. The van der Waals surface area contributed by atoms with Crippen molar-refractivity contribution in [3.8, 4) is 16.9 Å². The highest BCUT2D eigenvalue weighted by Gasteiger charge is 2.71. The smallest absolute Gasteiger partial charge is 0.209 e. The van der Waals surface area contributed by atoms with E-state index in [0.717, 1.165) is 35.6 Å². The molecule has 2 aromatic carbocycles. The van der Waals surface area contributed by atoms with Crippen LogP contribution in [0, 0.1) is 29.6 Å². The number of carbonyl (C=O) groups is 3. The molecule has 3 aliphatic rings. The summed E-state index contributed by atoms with van der Waals surface area (Å²) in [7, 11) is 0. The van der Waals surface area contributed by atoms with Crippen LogP contribution in [-0.2, 0) is 22.4 Å². The third kappa shape index (κ3) is 3.64. The summed E-state index contributed by atoms with van der Waals surface area (Å²) in [5.41, 5.74) is -1.26. The number of allylic oxidation sites excluding steroid dienone is 2. The lowest BCUT2D eigenvalue weighted by atomic mass is 9.44. The number of aromatic hydroxyl groups is 1. The second kappa shape index (κ2) is 9.15. The molecule has 7 nitrogen and oxygen atoms in total. The maximum Gasteiger partial charge on any atom is 0.209 e. The van der Waals surface area contributed by atoms with E-state index in [1.165, 1.54) is 6.07 Å². The molecule has 0 bridgehead atoms. The Morgan fingerprint density at radius 1 is 1.05 bits per heavy atom. The monoisotopic (exact) mass is 558 g/mol. The van der Waals surface area contributed by atoms with Gasteiger partial charge >= 0.3 is 0 Å². The van der Waals surface area contributed by atoms with Crippen LogP contribution in [-0.4, -0.2) is 43.4 Å². The highest BCUT2D eigenvalue weighted by atomic mass is 16.3. The highest BCUT2D eigenvalue weighted by Crippen LogP contribution is 2.65. The van der Waals surface area contributed by atoms with Gasteiger partial charge in [-0.05, 0) is 67.3 Å². The molecule has 1 unspecified atom stereocenters. The number of aryl methyl sites for hydroxylation is 2. The van der Waals surface area contributed by atoms with Crippen LogP contribution in [0.1, 0.15) is 75.0 Å². The van der Waals surface area contributed by atoms with Gasteiger partial charge in [-0.15, -0.1) is 0 Å². The SMILES string of the molecule is CCc1ccc(C)cc1-c1ccc(O)c2c1C[C@]1(C)C[C@]3(C)C(C(C)C)C(O)=C(C(C)=O)C(=O)[C@]3(O)C(O)=C1C2=O. The van der Waals surface area contributed by atoms with Gasteiger partial charge in [0.2, 0.25) is 5.78 Å². The fourth-order valence-electron chi connectivity index (χ4n) is 8.23. The van der Waals surface area contributed by atoms with Gasteiger partial charge in [-0.1, -0.05) is 64.4 Å². The van der Waals surface area contributed by atoms with Gasteiger partial charge in [0.25, 0.3) is 0 Å². The Balaban J connectivity index is 1.83. The zero-order chi connectivity index (χ0) is 30.4. The molecule has 0 radical (unpaired) electrons. The van der Waals surface area contributed by atoms with Crippen LogP contribution in [0.2, 0.25) is 0 Å². The van der Waals surface area contributed by atoms with Crippen molar-refractivity contribution in [1.82, 2.24) is 0 Å². The predicted octanol–water partition coefficient (Wildman–Crippen LogP) is 5.88. The number of fused-ring (bicyclic) bond motifs is 3. The Kier molecular flexibility index (Phi) is 6.43. The number of aliphatic hydroxyl groups excluding tert-OH is 2. The number of rotatable bonds is 4. The fraction of sp³-hybridized carbons (Fsp3) is 0.441. The van der Waals surface area contributed by atoms with E-state index in [9.17, 15) is 34.8 Å². The van der Waals surface area contributed by atoms with Gasteiger partial charge in [-0.3, -0.25) is 14.4 Å². The summed E-state index contributed by atoms with van der Waals surface area (Å²) in [6, 6.07) is 9.42. The topological polar surface area (TPSA) is 132 Å². The lowest BCUT2D eigenvalue weighted by Crippen LogP contribution is -2.67. The van der Waals surface area contributed by atoms with Gasteiger partial charge in [-0.2, -0.15) is 0 Å². The summed E-state index contributed by atoms with van der Waals surface area (Å²) >= 11 is 0. The van der Waals surface area contributed by atoms with E-state index in [1.54, 1.807) is 6.92 Å². The van der Waals surface area contributed by atoms with Crippen molar-refractivity contribution >= 4 is 17.3 Å². The van der Waals surface area contributed by atoms with E-state index in [0.29, 0.717) is 5.56 Å². The molecule has 3 aliphatic carbocycles. The van der Waals surface area contributed by atoms with E-state index in [4.69, 9.17) is 0 Å². The van der Waals surface area contributed by atoms with Crippen molar-refractivity contribution in [2.45, 2.75) is 73.3 Å². The molecular formula is C34H38O7. The lowest BCUT2D eigenvalue weighted by Gasteiger charge is -2.59. The minimum atomic E-state index is -2.61. The molecule has 0 fully saturated rings.